The van der Waals surface area contributed by atoms with Crippen molar-refractivity contribution in [2.75, 3.05) is 31.4 Å². The number of nitrogens with one attached hydrogen (secondary N) is 2. The molecule has 0 aromatic rings. The minimum absolute atomic E-state index is 0.122. The van der Waals surface area contributed by atoms with Gasteiger partial charge in [0.15, 0.2) is 5.96 Å². The molecular formula is C16H33N3O2S2. The fourth-order valence-electron chi connectivity index (χ4n) is 2.63. The molecule has 7 heteroatoms. The summed E-state index contributed by atoms with van der Waals surface area (Å²) in [5.74, 6) is 1.07. The molecule has 0 bridgehead atoms. The van der Waals surface area contributed by atoms with Gasteiger partial charge in [0.25, 0.3) is 0 Å². The maximum Gasteiger partial charge on any atom is 0.191 e. The Morgan fingerprint density at radius 1 is 1.35 bits per heavy atom. The van der Waals surface area contributed by atoms with E-state index in [0.717, 1.165) is 17.8 Å². The molecule has 0 saturated heterocycles. The van der Waals surface area contributed by atoms with E-state index in [2.05, 4.69) is 37.7 Å². The summed E-state index contributed by atoms with van der Waals surface area (Å²) in [5.41, 5.74) is -0.122. The van der Waals surface area contributed by atoms with Crippen LogP contribution in [0, 0.1) is 5.41 Å². The molecule has 23 heavy (non-hydrogen) atoms. The van der Waals surface area contributed by atoms with Crippen LogP contribution in [0.3, 0.4) is 0 Å². The molecule has 0 amide bonds. The first-order valence-corrected chi connectivity index (χ1v) is 11.8. The Morgan fingerprint density at radius 2 is 2.04 bits per heavy atom. The van der Waals surface area contributed by atoms with Gasteiger partial charge in [-0.05, 0) is 44.3 Å². The van der Waals surface area contributed by atoms with Gasteiger partial charge in [-0.25, -0.2) is 8.42 Å². The van der Waals surface area contributed by atoms with E-state index >= 15 is 0 Å². The topological polar surface area (TPSA) is 70.6 Å². The minimum atomic E-state index is -2.92. The van der Waals surface area contributed by atoms with Crippen molar-refractivity contribution in [1.82, 2.24) is 10.6 Å². The monoisotopic (exact) mass is 363 g/mol. The highest BCUT2D eigenvalue weighted by Crippen LogP contribution is 2.28. The Bertz CT molecular complexity index is 490. The van der Waals surface area contributed by atoms with Gasteiger partial charge >= 0.3 is 0 Å². The SMILES string of the molecule is CCNC(=NCC(C)(C)CCS(C)(=O)=O)NC1CCC(SC)C1. The molecule has 2 unspecified atom stereocenters. The van der Waals surface area contributed by atoms with Crippen LogP contribution >= 0.6 is 11.8 Å². The average molecular weight is 364 g/mol. The Morgan fingerprint density at radius 3 is 2.57 bits per heavy atom. The number of nitrogens with zero attached hydrogens (tertiary/aromatic N) is 1. The summed E-state index contributed by atoms with van der Waals surface area (Å²) in [4.78, 5) is 4.69. The van der Waals surface area contributed by atoms with Gasteiger partial charge in [-0.2, -0.15) is 11.8 Å². The zero-order valence-corrected chi connectivity index (χ0v) is 16.8. The zero-order valence-electron chi connectivity index (χ0n) is 15.2. The van der Waals surface area contributed by atoms with Crippen molar-refractivity contribution in [3.05, 3.63) is 0 Å². The second-order valence-corrected chi connectivity index (χ2v) is 10.6. The molecule has 0 spiro atoms. The average Bonchev–Trinajstić information content (AvgIpc) is 2.90. The maximum absolute atomic E-state index is 11.3. The third-order valence-corrected chi connectivity index (χ3v) is 6.26. The molecule has 2 atom stereocenters. The Labute approximate surface area is 146 Å². The number of hydrogen-bond donors (Lipinski definition) is 2. The lowest BCUT2D eigenvalue weighted by atomic mass is 9.90. The van der Waals surface area contributed by atoms with Gasteiger partial charge < -0.3 is 10.6 Å². The summed E-state index contributed by atoms with van der Waals surface area (Å²) >= 11 is 1.95. The minimum Gasteiger partial charge on any atom is -0.357 e. The quantitative estimate of drug-likeness (QED) is 0.511. The predicted molar refractivity (Wildman–Crippen MR) is 102 cm³/mol. The molecule has 0 aliphatic heterocycles. The number of hydrogen-bond acceptors (Lipinski definition) is 4. The van der Waals surface area contributed by atoms with Gasteiger partial charge in [0.1, 0.15) is 9.84 Å². The Hall–Kier alpha value is -0.430. The van der Waals surface area contributed by atoms with E-state index in [9.17, 15) is 8.42 Å². The molecule has 1 aliphatic carbocycles. The van der Waals surface area contributed by atoms with Crippen LogP contribution in [0.25, 0.3) is 0 Å². The van der Waals surface area contributed by atoms with Crippen LogP contribution in [0.1, 0.15) is 46.5 Å². The van der Waals surface area contributed by atoms with Gasteiger partial charge in [0, 0.05) is 30.6 Å². The van der Waals surface area contributed by atoms with Gasteiger partial charge in [0.05, 0.1) is 5.75 Å². The highest BCUT2D eigenvalue weighted by Gasteiger charge is 2.25. The summed E-state index contributed by atoms with van der Waals surface area (Å²) in [6, 6.07) is 0.490. The van der Waals surface area contributed by atoms with Gasteiger partial charge in [-0.15, -0.1) is 0 Å². The summed E-state index contributed by atoms with van der Waals surface area (Å²) < 4.78 is 22.7. The summed E-state index contributed by atoms with van der Waals surface area (Å²) in [6.07, 6.45) is 7.73. The van der Waals surface area contributed by atoms with Crippen LogP contribution < -0.4 is 10.6 Å². The Balaban J connectivity index is 2.56. The van der Waals surface area contributed by atoms with Crippen LogP contribution in [0.2, 0.25) is 0 Å². The number of thioether (sulfide) groups is 1. The lowest BCUT2D eigenvalue weighted by molar-refractivity contribution is 0.365. The molecule has 1 saturated carbocycles. The number of guanidine groups is 1. The third-order valence-electron chi connectivity index (χ3n) is 4.22. The summed E-state index contributed by atoms with van der Waals surface area (Å²) in [5, 5.41) is 7.59. The standard InChI is InChI=1S/C16H33N3O2S2/c1-6-17-15(19-13-7-8-14(11-13)22-4)18-12-16(2,3)9-10-23(5,20)21/h13-14H,6-12H2,1-5H3,(H2,17,18,19). The van der Waals surface area contributed by atoms with E-state index in [-0.39, 0.29) is 11.2 Å². The molecule has 0 heterocycles. The molecule has 1 aliphatic rings. The fraction of sp³-hybridized carbons (Fsp3) is 0.938. The first-order valence-electron chi connectivity index (χ1n) is 8.40. The zero-order chi connectivity index (χ0) is 17.5. The van der Waals surface area contributed by atoms with Crippen LogP contribution in [-0.2, 0) is 9.84 Å². The number of aliphatic imine (C=N–C) groups is 1. The number of sulfone groups is 1. The van der Waals surface area contributed by atoms with E-state index in [4.69, 9.17) is 4.99 Å². The van der Waals surface area contributed by atoms with E-state index in [1.54, 1.807) is 0 Å². The maximum atomic E-state index is 11.3. The lowest BCUT2D eigenvalue weighted by Crippen LogP contribution is -2.43. The molecule has 2 N–H and O–H groups in total. The van der Waals surface area contributed by atoms with Crippen molar-refractivity contribution in [1.29, 1.82) is 0 Å². The lowest BCUT2D eigenvalue weighted by Gasteiger charge is -2.23. The first-order chi connectivity index (χ1) is 10.6. The summed E-state index contributed by atoms with van der Waals surface area (Å²) in [6.45, 7) is 7.66. The second kappa shape index (κ2) is 9.16. The fourth-order valence-corrected chi connectivity index (χ4v) is 4.35. The molecule has 0 aromatic heterocycles. The summed E-state index contributed by atoms with van der Waals surface area (Å²) in [7, 11) is -2.92. The van der Waals surface area contributed by atoms with Crippen molar-refractivity contribution in [2.24, 2.45) is 10.4 Å². The van der Waals surface area contributed by atoms with Crippen LogP contribution in [0.4, 0.5) is 0 Å². The molecular weight excluding hydrogens is 330 g/mol. The molecule has 1 rings (SSSR count). The van der Waals surface area contributed by atoms with E-state index in [1.807, 2.05) is 11.8 Å². The van der Waals surface area contributed by atoms with Crippen molar-refractivity contribution in [3.8, 4) is 0 Å². The van der Waals surface area contributed by atoms with Crippen LogP contribution in [0.15, 0.2) is 4.99 Å². The molecule has 0 aromatic carbocycles. The second-order valence-electron chi connectivity index (χ2n) is 7.25. The van der Waals surface area contributed by atoms with E-state index in [0.29, 0.717) is 19.0 Å². The smallest absolute Gasteiger partial charge is 0.191 e. The molecule has 1 fully saturated rings. The highest BCUT2D eigenvalue weighted by atomic mass is 32.2. The van der Waals surface area contributed by atoms with E-state index < -0.39 is 9.84 Å². The number of rotatable bonds is 8. The highest BCUT2D eigenvalue weighted by molar-refractivity contribution is 7.99. The van der Waals surface area contributed by atoms with Crippen molar-refractivity contribution < 1.29 is 8.42 Å². The molecule has 5 nitrogen and oxygen atoms in total. The van der Waals surface area contributed by atoms with E-state index in [1.165, 1.54) is 25.5 Å². The van der Waals surface area contributed by atoms with Crippen molar-refractivity contribution >= 4 is 27.6 Å². The predicted octanol–water partition coefficient (Wildman–Crippen LogP) is 2.29. The van der Waals surface area contributed by atoms with Crippen LogP contribution in [0.5, 0.6) is 0 Å². The van der Waals surface area contributed by atoms with Crippen molar-refractivity contribution in [2.45, 2.75) is 57.7 Å². The van der Waals surface area contributed by atoms with Crippen molar-refractivity contribution in [3.63, 3.8) is 0 Å². The molecule has 136 valence electrons. The largest absolute Gasteiger partial charge is 0.357 e. The van der Waals surface area contributed by atoms with Gasteiger partial charge in [-0.1, -0.05) is 13.8 Å². The van der Waals surface area contributed by atoms with Crippen LogP contribution in [-0.4, -0.2) is 57.0 Å². The molecule has 0 radical (unpaired) electrons. The normalized spacial score (nSPS) is 23.1. The van der Waals surface area contributed by atoms with Gasteiger partial charge in [-0.3, -0.25) is 4.99 Å². The Kier molecular flexibility index (Phi) is 8.21. The first kappa shape index (κ1) is 20.6. The van der Waals surface area contributed by atoms with Gasteiger partial charge in [0.2, 0.25) is 0 Å². The third kappa shape index (κ3) is 8.84.